The molecule has 20 heavy (non-hydrogen) atoms. The Bertz CT molecular complexity index is 444. The number of hydrogen-bond acceptors (Lipinski definition) is 3. The molecular formula is C16H24N2O2. The van der Waals surface area contributed by atoms with E-state index in [4.69, 9.17) is 10.5 Å². The number of methoxy groups -OCH3 is 1. The summed E-state index contributed by atoms with van der Waals surface area (Å²) in [6.45, 7) is 1.30. The van der Waals surface area contributed by atoms with Crippen LogP contribution in [-0.2, 0) is 11.3 Å². The standard InChI is InChI=1S/C16H24N2O2/c1-20-15-7-3-2-6-13(15)12-18(14-9-10-14)16(19)8-4-5-11-17/h2-3,6-7,14H,4-5,8-12,17H2,1H3. The molecule has 0 atom stereocenters. The molecule has 1 aliphatic rings. The van der Waals surface area contributed by atoms with Crippen LogP contribution < -0.4 is 10.5 Å². The van der Waals surface area contributed by atoms with Gasteiger partial charge in [-0.05, 0) is 38.3 Å². The molecule has 0 saturated heterocycles. The summed E-state index contributed by atoms with van der Waals surface area (Å²) >= 11 is 0. The number of carbonyl (C=O) groups excluding carboxylic acids is 1. The molecule has 110 valence electrons. The predicted octanol–water partition coefficient (Wildman–Crippen LogP) is 2.32. The van der Waals surface area contributed by atoms with E-state index in [1.807, 2.05) is 29.2 Å². The zero-order chi connectivity index (χ0) is 14.4. The van der Waals surface area contributed by atoms with Gasteiger partial charge in [0, 0.05) is 24.6 Å². The van der Waals surface area contributed by atoms with Crippen molar-refractivity contribution in [2.45, 2.75) is 44.7 Å². The molecule has 0 aromatic heterocycles. The average molecular weight is 276 g/mol. The molecule has 1 amide bonds. The van der Waals surface area contributed by atoms with E-state index < -0.39 is 0 Å². The summed E-state index contributed by atoms with van der Waals surface area (Å²) in [7, 11) is 1.67. The Morgan fingerprint density at radius 2 is 2.10 bits per heavy atom. The van der Waals surface area contributed by atoms with E-state index in [1.54, 1.807) is 7.11 Å². The molecule has 1 aromatic rings. The summed E-state index contributed by atoms with van der Waals surface area (Å²) in [5.41, 5.74) is 6.56. The van der Waals surface area contributed by atoms with Gasteiger partial charge in [-0.15, -0.1) is 0 Å². The highest BCUT2D eigenvalue weighted by molar-refractivity contribution is 5.77. The van der Waals surface area contributed by atoms with E-state index in [2.05, 4.69) is 0 Å². The van der Waals surface area contributed by atoms with Crippen molar-refractivity contribution in [1.29, 1.82) is 0 Å². The van der Waals surface area contributed by atoms with Gasteiger partial charge in [0.05, 0.1) is 7.11 Å². The number of para-hydroxylation sites is 1. The summed E-state index contributed by atoms with van der Waals surface area (Å²) in [5, 5.41) is 0. The van der Waals surface area contributed by atoms with Crippen LogP contribution in [0.1, 0.15) is 37.7 Å². The molecule has 0 unspecified atom stereocenters. The third kappa shape index (κ3) is 3.97. The summed E-state index contributed by atoms with van der Waals surface area (Å²) in [6.07, 6.45) is 4.64. The van der Waals surface area contributed by atoms with Gasteiger partial charge in [0.2, 0.25) is 5.91 Å². The minimum atomic E-state index is 0.242. The van der Waals surface area contributed by atoms with Crippen LogP contribution in [0.4, 0.5) is 0 Å². The first-order chi connectivity index (χ1) is 9.76. The lowest BCUT2D eigenvalue weighted by Gasteiger charge is -2.23. The Hall–Kier alpha value is -1.55. The summed E-state index contributed by atoms with van der Waals surface area (Å²) < 4.78 is 5.37. The Morgan fingerprint density at radius 1 is 1.35 bits per heavy atom. The molecule has 2 rings (SSSR count). The highest BCUT2D eigenvalue weighted by Gasteiger charge is 2.32. The van der Waals surface area contributed by atoms with Gasteiger partial charge in [-0.25, -0.2) is 0 Å². The molecule has 0 bridgehead atoms. The van der Waals surface area contributed by atoms with Crippen molar-refractivity contribution >= 4 is 5.91 Å². The summed E-state index contributed by atoms with van der Waals surface area (Å²) in [4.78, 5) is 14.4. The van der Waals surface area contributed by atoms with Crippen molar-refractivity contribution in [3.8, 4) is 5.75 Å². The van der Waals surface area contributed by atoms with E-state index in [0.717, 1.165) is 37.0 Å². The number of unbranched alkanes of at least 4 members (excludes halogenated alkanes) is 1. The van der Waals surface area contributed by atoms with E-state index in [1.165, 1.54) is 0 Å². The number of ether oxygens (including phenoxy) is 1. The third-order valence-corrected chi connectivity index (χ3v) is 3.69. The minimum absolute atomic E-state index is 0.242. The van der Waals surface area contributed by atoms with Crippen molar-refractivity contribution in [2.75, 3.05) is 13.7 Å². The number of benzene rings is 1. The number of hydrogen-bond donors (Lipinski definition) is 1. The minimum Gasteiger partial charge on any atom is -0.496 e. The second kappa shape index (κ2) is 7.29. The molecule has 0 radical (unpaired) electrons. The lowest BCUT2D eigenvalue weighted by Crippen LogP contribution is -2.32. The molecule has 1 fully saturated rings. The summed E-state index contributed by atoms with van der Waals surface area (Å²) in [5.74, 6) is 1.10. The van der Waals surface area contributed by atoms with Gasteiger partial charge in [0.25, 0.3) is 0 Å². The zero-order valence-corrected chi connectivity index (χ0v) is 12.2. The first-order valence-corrected chi connectivity index (χ1v) is 7.37. The SMILES string of the molecule is COc1ccccc1CN(C(=O)CCCCN)C1CC1. The zero-order valence-electron chi connectivity index (χ0n) is 12.2. The number of carbonyl (C=O) groups is 1. The Morgan fingerprint density at radius 3 is 2.75 bits per heavy atom. The fourth-order valence-corrected chi connectivity index (χ4v) is 2.39. The predicted molar refractivity (Wildman–Crippen MR) is 79.5 cm³/mol. The van der Waals surface area contributed by atoms with Crippen LogP contribution in [0.25, 0.3) is 0 Å². The quantitative estimate of drug-likeness (QED) is 0.741. The van der Waals surface area contributed by atoms with Crippen LogP contribution in [-0.4, -0.2) is 30.5 Å². The van der Waals surface area contributed by atoms with Gasteiger partial charge in [-0.3, -0.25) is 4.79 Å². The number of rotatable bonds is 8. The highest BCUT2D eigenvalue weighted by Crippen LogP contribution is 2.31. The normalized spacial score (nSPS) is 14.1. The third-order valence-electron chi connectivity index (χ3n) is 3.69. The van der Waals surface area contributed by atoms with Crippen LogP contribution in [0.3, 0.4) is 0 Å². The van der Waals surface area contributed by atoms with Crippen molar-refractivity contribution in [2.24, 2.45) is 5.73 Å². The van der Waals surface area contributed by atoms with Crippen LogP contribution in [0.2, 0.25) is 0 Å². The Kier molecular flexibility index (Phi) is 5.41. The molecule has 4 nitrogen and oxygen atoms in total. The summed E-state index contributed by atoms with van der Waals surface area (Å²) in [6, 6.07) is 8.33. The maximum atomic E-state index is 12.3. The number of nitrogens with two attached hydrogens (primary N) is 1. The first-order valence-electron chi connectivity index (χ1n) is 7.37. The molecule has 2 N–H and O–H groups in total. The van der Waals surface area contributed by atoms with E-state index in [0.29, 0.717) is 25.6 Å². The van der Waals surface area contributed by atoms with Crippen LogP contribution in [0.5, 0.6) is 5.75 Å². The smallest absolute Gasteiger partial charge is 0.223 e. The van der Waals surface area contributed by atoms with Gasteiger partial charge in [0.1, 0.15) is 5.75 Å². The molecule has 0 spiro atoms. The van der Waals surface area contributed by atoms with Crippen LogP contribution in [0.15, 0.2) is 24.3 Å². The van der Waals surface area contributed by atoms with Crippen LogP contribution in [0, 0.1) is 0 Å². The number of amides is 1. The van der Waals surface area contributed by atoms with E-state index >= 15 is 0 Å². The topological polar surface area (TPSA) is 55.6 Å². The average Bonchev–Trinajstić information content (AvgIpc) is 3.29. The van der Waals surface area contributed by atoms with Crippen molar-refractivity contribution in [3.05, 3.63) is 29.8 Å². The van der Waals surface area contributed by atoms with Gasteiger partial charge in [-0.1, -0.05) is 18.2 Å². The maximum absolute atomic E-state index is 12.3. The second-order valence-electron chi connectivity index (χ2n) is 5.31. The number of nitrogens with zero attached hydrogens (tertiary/aromatic N) is 1. The molecule has 4 heteroatoms. The van der Waals surface area contributed by atoms with E-state index in [9.17, 15) is 4.79 Å². The Balaban J connectivity index is 2.00. The molecule has 1 saturated carbocycles. The van der Waals surface area contributed by atoms with Crippen molar-refractivity contribution in [3.63, 3.8) is 0 Å². The molecule has 1 aliphatic carbocycles. The van der Waals surface area contributed by atoms with E-state index in [-0.39, 0.29) is 5.91 Å². The van der Waals surface area contributed by atoms with Crippen molar-refractivity contribution in [1.82, 2.24) is 4.90 Å². The Labute approximate surface area is 120 Å². The van der Waals surface area contributed by atoms with Gasteiger partial charge >= 0.3 is 0 Å². The molecule has 0 aliphatic heterocycles. The maximum Gasteiger partial charge on any atom is 0.223 e. The lowest BCUT2D eigenvalue weighted by molar-refractivity contribution is -0.132. The fraction of sp³-hybridized carbons (Fsp3) is 0.562. The molecule has 1 aromatic carbocycles. The first kappa shape index (κ1) is 14.9. The highest BCUT2D eigenvalue weighted by atomic mass is 16.5. The molecular weight excluding hydrogens is 252 g/mol. The monoisotopic (exact) mass is 276 g/mol. The van der Waals surface area contributed by atoms with Gasteiger partial charge in [0.15, 0.2) is 0 Å². The second-order valence-corrected chi connectivity index (χ2v) is 5.31. The van der Waals surface area contributed by atoms with Gasteiger partial charge < -0.3 is 15.4 Å². The lowest BCUT2D eigenvalue weighted by atomic mass is 10.1. The van der Waals surface area contributed by atoms with Crippen molar-refractivity contribution < 1.29 is 9.53 Å². The fourth-order valence-electron chi connectivity index (χ4n) is 2.39. The molecule has 0 heterocycles. The van der Waals surface area contributed by atoms with Crippen LogP contribution >= 0.6 is 0 Å². The van der Waals surface area contributed by atoms with Gasteiger partial charge in [-0.2, -0.15) is 0 Å². The largest absolute Gasteiger partial charge is 0.496 e.